The maximum atomic E-state index is 2.53. The van der Waals surface area contributed by atoms with Gasteiger partial charge in [-0.3, -0.25) is 0 Å². The zero-order chi connectivity index (χ0) is 16.0. The first-order valence-electron chi connectivity index (χ1n) is 9.57. The molecule has 0 aromatic carbocycles. The molecular formula is C21H40. The van der Waals surface area contributed by atoms with E-state index in [1.165, 1.54) is 32.1 Å². The largest absolute Gasteiger partial charge is 0.0880 e. The van der Waals surface area contributed by atoms with E-state index in [2.05, 4.69) is 60.6 Å². The zero-order valence-electron chi connectivity index (χ0n) is 15.7. The third kappa shape index (κ3) is 5.46. The second-order valence-corrected chi connectivity index (χ2v) is 8.13. The molecule has 7 atom stereocenters. The van der Waals surface area contributed by atoms with Gasteiger partial charge in [0, 0.05) is 0 Å². The molecule has 0 heteroatoms. The molecule has 0 aromatic heterocycles. The van der Waals surface area contributed by atoms with Crippen LogP contribution in [-0.2, 0) is 0 Å². The summed E-state index contributed by atoms with van der Waals surface area (Å²) in [6.07, 6.45) is 11.7. The van der Waals surface area contributed by atoms with Gasteiger partial charge in [-0.15, -0.1) is 0 Å². The summed E-state index contributed by atoms with van der Waals surface area (Å²) in [5, 5.41) is 0. The van der Waals surface area contributed by atoms with E-state index in [4.69, 9.17) is 0 Å². The van der Waals surface area contributed by atoms with Crippen LogP contribution in [0.3, 0.4) is 0 Å². The van der Waals surface area contributed by atoms with Crippen molar-refractivity contribution in [1.82, 2.24) is 0 Å². The Balaban J connectivity index is 2.96. The van der Waals surface area contributed by atoms with E-state index in [0.29, 0.717) is 0 Å². The molecule has 1 rings (SSSR count). The minimum absolute atomic E-state index is 0.759. The van der Waals surface area contributed by atoms with Gasteiger partial charge in [-0.1, -0.05) is 73.5 Å². The van der Waals surface area contributed by atoms with Crippen LogP contribution in [0.15, 0.2) is 12.2 Å². The topological polar surface area (TPSA) is 0 Å². The van der Waals surface area contributed by atoms with Gasteiger partial charge >= 0.3 is 0 Å². The number of allylic oxidation sites excluding steroid dienone is 2. The SMILES string of the molecule is CCC1CC(C)C=CCC(C)C(C)C(C(C)C(C)CC)C1. The van der Waals surface area contributed by atoms with Crippen molar-refractivity contribution < 1.29 is 0 Å². The average Bonchev–Trinajstić information content (AvgIpc) is 2.48. The van der Waals surface area contributed by atoms with Crippen molar-refractivity contribution >= 4 is 0 Å². The summed E-state index contributed by atoms with van der Waals surface area (Å²) in [5.74, 6) is 5.96. The van der Waals surface area contributed by atoms with Gasteiger partial charge in [-0.05, 0) is 60.7 Å². The molecule has 21 heavy (non-hydrogen) atoms. The lowest BCUT2D eigenvalue weighted by Crippen LogP contribution is -2.31. The zero-order valence-corrected chi connectivity index (χ0v) is 15.7. The van der Waals surface area contributed by atoms with Crippen LogP contribution >= 0.6 is 0 Å². The van der Waals surface area contributed by atoms with Gasteiger partial charge in [0.1, 0.15) is 0 Å². The van der Waals surface area contributed by atoms with Crippen LogP contribution in [0.4, 0.5) is 0 Å². The van der Waals surface area contributed by atoms with Crippen LogP contribution in [0.2, 0.25) is 0 Å². The second kappa shape index (κ2) is 9.01. The maximum absolute atomic E-state index is 2.53. The monoisotopic (exact) mass is 292 g/mol. The molecule has 0 radical (unpaired) electrons. The Kier molecular flexibility index (Phi) is 8.06. The third-order valence-electron chi connectivity index (χ3n) is 6.65. The first-order valence-corrected chi connectivity index (χ1v) is 9.57. The van der Waals surface area contributed by atoms with E-state index >= 15 is 0 Å². The molecule has 0 nitrogen and oxygen atoms in total. The van der Waals surface area contributed by atoms with Crippen LogP contribution in [0.1, 0.15) is 80.6 Å². The number of rotatable bonds is 4. The van der Waals surface area contributed by atoms with Crippen LogP contribution in [-0.4, -0.2) is 0 Å². The summed E-state index contributed by atoms with van der Waals surface area (Å²) >= 11 is 0. The fourth-order valence-electron chi connectivity index (χ4n) is 4.28. The molecule has 0 saturated heterocycles. The van der Waals surface area contributed by atoms with Gasteiger partial charge in [0.15, 0.2) is 0 Å². The molecule has 0 spiro atoms. The molecule has 0 saturated carbocycles. The average molecular weight is 293 g/mol. The Morgan fingerprint density at radius 1 is 1.05 bits per heavy atom. The van der Waals surface area contributed by atoms with Crippen molar-refractivity contribution in [3.8, 4) is 0 Å². The molecule has 0 amide bonds. The smallest absolute Gasteiger partial charge is 0.0259 e. The molecule has 0 N–H and O–H groups in total. The van der Waals surface area contributed by atoms with E-state index in [1.54, 1.807) is 0 Å². The van der Waals surface area contributed by atoms with Crippen molar-refractivity contribution in [2.45, 2.75) is 80.6 Å². The highest BCUT2D eigenvalue weighted by Gasteiger charge is 2.32. The standard InChI is InChI=1S/C21H40/c1-8-16(4)18(6)21-14-20(9-2)13-15(3)11-10-12-17(5)19(21)7/h10-11,15-21H,8-9,12-14H2,1-7H3. The van der Waals surface area contributed by atoms with Gasteiger partial charge in [0.05, 0.1) is 0 Å². The molecule has 1 aliphatic rings. The summed E-state index contributed by atoms with van der Waals surface area (Å²) in [6.45, 7) is 17.1. The lowest BCUT2D eigenvalue weighted by atomic mass is 9.67. The van der Waals surface area contributed by atoms with Crippen LogP contribution in [0.5, 0.6) is 0 Å². The molecule has 0 aliphatic heterocycles. The highest BCUT2D eigenvalue weighted by Crippen LogP contribution is 2.40. The molecule has 0 fully saturated rings. The Morgan fingerprint density at radius 3 is 2.29 bits per heavy atom. The van der Waals surface area contributed by atoms with Crippen LogP contribution in [0, 0.1) is 41.4 Å². The van der Waals surface area contributed by atoms with E-state index in [0.717, 1.165) is 41.4 Å². The molecule has 7 unspecified atom stereocenters. The fraction of sp³-hybridized carbons (Fsp3) is 0.905. The van der Waals surface area contributed by atoms with E-state index in [9.17, 15) is 0 Å². The van der Waals surface area contributed by atoms with Gasteiger partial charge in [-0.2, -0.15) is 0 Å². The second-order valence-electron chi connectivity index (χ2n) is 8.13. The van der Waals surface area contributed by atoms with Crippen molar-refractivity contribution in [3.63, 3.8) is 0 Å². The van der Waals surface area contributed by atoms with Gasteiger partial charge in [0.2, 0.25) is 0 Å². The highest BCUT2D eigenvalue weighted by atomic mass is 14.4. The molecule has 0 bridgehead atoms. The Labute approximate surface area is 134 Å². The lowest BCUT2D eigenvalue weighted by Gasteiger charge is -2.39. The minimum atomic E-state index is 0.759. The molecule has 1 aliphatic carbocycles. The molecule has 124 valence electrons. The van der Waals surface area contributed by atoms with Crippen LogP contribution < -0.4 is 0 Å². The third-order valence-corrected chi connectivity index (χ3v) is 6.65. The van der Waals surface area contributed by atoms with E-state index < -0.39 is 0 Å². The Bertz CT molecular complexity index is 303. The van der Waals surface area contributed by atoms with Crippen molar-refractivity contribution in [2.24, 2.45) is 41.4 Å². The van der Waals surface area contributed by atoms with Gasteiger partial charge in [-0.25, -0.2) is 0 Å². The Hall–Kier alpha value is -0.260. The summed E-state index contributed by atoms with van der Waals surface area (Å²) in [5.41, 5.74) is 0. The quantitative estimate of drug-likeness (QED) is 0.491. The molecular weight excluding hydrogens is 252 g/mol. The number of hydrogen-bond donors (Lipinski definition) is 0. The summed E-state index contributed by atoms with van der Waals surface area (Å²) in [4.78, 5) is 0. The van der Waals surface area contributed by atoms with Gasteiger partial charge in [0.25, 0.3) is 0 Å². The predicted molar refractivity (Wildman–Crippen MR) is 96.4 cm³/mol. The Morgan fingerprint density at radius 2 is 1.71 bits per heavy atom. The molecule has 0 aromatic rings. The summed E-state index contributed by atoms with van der Waals surface area (Å²) in [7, 11) is 0. The van der Waals surface area contributed by atoms with Crippen LogP contribution in [0.25, 0.3) is 0 Å². The predicted octanol–water partition coefficient (Wildman–Crippen LogP) is 6.96. The summed E-state index contributed by atoms with van der Waals surface area (Å²) in [6, 6.07) is 0. The minimum Gasteiger partial charge on any atom is -0.0880 e. The first kappa shape index (κ1) is 18.8. The lowest BCUT2D eigenvalue weighted by molar-refractivity contribution is 0.115. The van der Waals surface area contributed by atoms with Crippen molar-refractivity contribution in [1.29, 1.82) is 0 Å². The maximum Gasteiger partial charge on any atom is -0.0259 e. The van der Waals surface area contributed by atoms with E-state index in [-0.39, 0.29) is 0 Å². The number of hydrogen-bond acceptors (Lipinski definition) is 0. The normalized spacial score (nSPS) is 38.0. The molecule has 0 heterocycles. The van der Waals surface area contributed by atoms with Crippen molar-refractivity contribution in [2.75, 3.05) is 0 Å². The van der Waals surface area contributed by atoms with Crippen molar-refractivity contribution in [3.05, 3.63) is 12.2 Å². The summed E-state index contributed by atoms with van der Waals surface area (Å²) < 4.78 is 0. The van der Waals surface area contributed by atoms with E-state index in [1.807, 2.05) is 0 Å². The highest BCUT2D eigenvalue weighted by molar-refractivity contribution is 4.92. The van der Waals surface area contributed by atoms with Gasteiger partial charge < -0.3 is 0 Å². The first-order chi connectivity index (χ1) is 9.90. The fourth-order valence-corrected chi connectivity index (χ4v) is 4.28.